The third-order valence-electron chi connectivity index (χ3n) is 4.26. The molecular formula is C22H21N3O4. The molecule has 1 amide bonds. The Morgan fingerprint density at radius 1 is 1.00 bits per heavy atom. The summed E-state index contributed by atoms with van der Waals surface area (Å²) in [6.45, 7) is 3.58. The van der Waals surface area contributed by atoms with E-state index < -0.39 is 0 Å². The van der Waals surface area contributed by atoms with E-state index in [4.69, 9.17) is 14.2 Å². The molecule has 0 unspecified atom stereocenters. The van der Waals surface area contributed by atoms with E-state index in [1.54, 1.807) is 36.5 Å². The van der Waals surface area contributed by atoms with E-state index in [1.165, 1.54) is 0 Å². The molecule has 0 spiro atoms. The number of rotatable bonds is 6. The summed E-state index contributed by atoms with van der Waals surface area (Å²) in [4.78, 5) is 16.9. The summed E-state index contributed by atoms with van der Waals surface area (Å²) < 4.78 is 16.5. The molecule has 0 bridgehead atoms. The lowest BCUT2D eigenvalue weighted by molar-refractivity contribution is 0.102. The van der Waals surface area contributed by atoms with Crippen molar-refractivity contribution in [2.24, 2.45) is 0 Å². The first kappa shape index (κ1) is 18.6. The molecular weight excluding hydrogens is 370 g/mol. The summed E-state index contributed by atoms with van der Waals surface area (Å²) >= 11 is 0. The lowest BCUT2D eigenvalue weighted by Gasteiger charge is -2.19. The summed E-state index contributed by atoms with van der Waals surface area (Å²) in [7, 11) is 0. The molecule has 0 saturated heterocycles. The summed E-state index contributed by atoms with van der Waals surface area (Å²) in [6, 6.07) is 16.2. The van der Waals surface area contributed by atoms with Crippen molar-refractivity contribution in [2.45, 2.75) is 6.92 Å². The van der Waals surface area contributed by atoms with Gasteiger partial charge in [0.1, 0.15) is 24.8 Å². The first-order valence-electron chi connectivity index (χ1n) is 9.38. The van der Waals surface area contributed by atoms with Crippen molar-refractivity contribution >= 4 is 23.1 Å². The van der Waals surface area contributed by atoms with Crippen LogP contribution in [0, 0.1) is 0 Å². The number of pyridine rings is 1. The molecule has 0 aliphatic carbocycles. The Morgan fingerprint density at radius 3 is 2.55 bits per heavy atom. The number of nitrogens with one attached hydrogen (secondary N) is 2. The normalized spacial score (nSPS) is 12.2. The Morgan fingerprint density at radius 2 is 1.76 bits per heavy atom. The fourth-order valence-electron chi connectivity index (χ4n) is 2.91. The number of hydrogen-bond donors (Lipinski definition) is 2. The number of ether oxygens (including phenoxy) is 3. The van der Waals surface area contributed by atoms with E-state index in [1.807, 2.05) is 31.2 Å². The van der Waals surface area contributed by atoms with Crippen LogP contribution in [0.25, 0.3) is 0 Å². The van der Waals surface area contributed by atoms with Crippen LogP contribution in [-0.2, 0) is 0 Å². The van der Waals surface area contributed by atoms with Crippen molar-refractivity contribution in [1.29, 1.82) is 0 Å². The number of anilines is 3. The number of hydrogen-bond acceptors (Lipinski definition) is 6. The summed E-state index contributed by atoms with van der Waals surface area (Å²) in [6.07, 6.45) is 1.59. The maximum atomic E-state index is 12.6. The van der Waals surface area contributed by atoms with Gasteiger partial charge in [-0.2, -0.15) is 0 Å². The SMILES string of the molecule is CCOc1ccc(Nc2cc(C(=O)Nc3ccc4c(c3)OCCO4)ccn2)cc1. The van der Waals surface area contributed by atoms with Crippen LogP contribution < -0.4 is 24.8 Å². The van der Waals surface area contributed by atoms with Crippen molar-refractivity contribution in [1.82, 2.24) is 4.98 Å². The van der Waals surface area contributed by atoms with Crippen LogP contribution in [-0.4, -0.2) is 30.7 Å². The minimum absolute atomic E-state index is 0.237. The van der Waals surface area contributed by atoms with Gasteiger partial charge in [0, 0.05) is 29.2 Å². The zero-order valence-electron chi connectivity index (χ0n) is 16.0. The first-order chi connectivity index (χ1) is 14.2. The van der Waals surface area contributed by atoms with Crippen LogP contribution >= 0.6 is 0 Å². The van der Waals surface area contributed by atoms with Crippen molar-refractivity contribution < 1.29 is 19.0 Å². The molecule has 148 valence electrons. The second kappa shape index (κ2) is 8.52. The van der Waals surface area contributed by atoms with Gasteiger partial charge in [-0.25, -0.2) is 4.98 Å². The topological polar surface area (TPSA) is 81.7 Å². The van der Waals surface area contributed by atoms with Crippen molar-refractivity contribution in [3.63, 3.8) is 0 Å². The van der Waals surface area contributed by atoms with E-state index in [0.29, 0.717) is 48.4 Å². The lowest BCUT2D eigenvalue weighted by Crippen LogP contribution is -2.16. The second-order valence-corrected chi connectivity index (χ2v) is 6.32. The highest BCUT2D eigenvalue weighted by Crippen LogP contribution is 2.32. The second-order valence-electron chi connectivity index (χ2n) is 6.32. The average molecular weight is 391 g/mol. The zero-order chi connectivity index (χ0) is 20.1. The molecule has 2 heterocycles. The molecule has 0 radical (unpaired) electrons. The number of benzene rings is 2. The molecule has 0 fully saturated rings. The highest BCUT2D eigenvalue weighted by atomic mass is 16.6. The number of nitrogens with zero attached hydrogens (tertiary/aromatic N) is 1. The monoisotopic (exact) mass is 391 g/mol. The van der Waals surface area contributed by atoms with E-state index in [9.17, 15) is 4.79 Å². The minimum Gasteiger partial charge on any atom is -0.494 e. The number of carbonyl (C=O) groups is 1. The Hall–Kier alpha value is -3.74. The van der Waals surface area contributed by atoms with Crippen molar-refractivity contribution in [3.8, 4) is 17.2 Å². The number of aromatic nitrogens is 1. The maximum Gasteiger partial charge on any atom is 0.255 e. The fraction of sp³-hybridized carbons (Fsp3) is 0.182. The van der Waals surface area contributed by atoms with Crippen LogP contribution in [0.1, 0.15) is 17.3 Å². The molecule has 2 N–H and O–H groups in total. The van der Waals surface area contributed by atoms with Gasteiger partial charge in [-0.1, -0.05) is 0 Å². The average Bonchev–Trinajstić information content (AvgIpc) is 2.75. The summed E-state index contributed by atoms with van der Waals surface area (Å²) in [5.74, 6) is 2.45. The van der Waals surface area contributed by atoms with E-state index >= 15 is 0 Å². The molecule has 3 aromatic rings. The van der Waals surface area contributed by atoms with Crippen LogP contribution in [0.2, 0.25) is 0 Å². The molecule has 0 saturated carbocycles. The largest absolute Gasteiger partial charge is 0.494 e. The molecule has 0 atom stereocenters. The van der Waals surface area contributed by atoms with E-state index in [0.717, 1.165) is 11.4 Å². The number of amides is 1. The predicted molar refractivity (Wildman–Crippen MR) is 111 cm³/mol. The van der Waals surface area contributed by atoms with Gasteiger partial charge in [-0.05, 0) is 55.5 Å². The molecule has 7 heteroatoms. The fourth-order valence-corrected chi connectivity index (χ4v) is 2.91. The molecule has 1 aliphatic heterocycles. The van der Waals surface area contributed by atoms with E-state index in [2.05, 4.69) is 15.6 Å². The van der Waals surface area contributed by atoms with Gasteiger partial charge in [0.2, 0.25) is 0 Å². The van der Waals surface area contributed by atoms with Gasteiger partial charge < -0.3 is 24.8 Å². The third-order valence-corrected chi connectivity index (χ3v) is 4.26. The molecule has 7 nitrogen and oxygen atoms in total. The first-order valence-corrected chi connectivity index (χ1v) is 9.38. The number of carbonyl (C=O) groups excluding carboxylic acids is 1. The molecule has 29 heavy (non-hydrogen) atoms. The van der Waals surface area contributed by atoms with Gasteiger partial charge >= 0.3 is 0 Å². The van der Waals surface area contributed by atoms with Crippen LogP contribution in [0.5, 0.6) is 17.2 Å². The van der Waals surface area contributed by atoms with Gasteiger partial charge in [-0.15, -0.1) is 0 Å². The standard InChI is InChI=1S/C22H21N3O4/c1-2-27-18-6-3-16(4-7-18)24-21-13-15(9-10-23-21)22(26)25-17-5-8-19-20(14-17)29-12-11-28-19/h3-10,13-14H,2,11-12H2,1H3,(H,23,24)(H,25,26). The highest BCUT2D eigenvalue weighted by Gasteiger charge is 2.14. The highest BCUT2D eigenvalue weighted by molar-refractivity contribution is 6.04. The van der Waals surface area contributed by atoms with Crippen LogP contribution in [0.15, 0.2) is 60.8 Å². The maximum absolute atomic E-state index is 12.6. The Labute approximate surface area is 168 Å². The van der Waals surface area contributed by atoms with Gasteiger partial charge in [0.25, 0.3) is 5.91 Å². The van der Waals surface area contributed by atoms with Gasteiger partial charge in [-0.3, -0.25) is 4.79 Å². The van der Waals surface area contributed by atoms with E-state index in [-0.39, 0.29) is 5.91 Å². The molecule has 1 aromatic heterocycles. The van der Waals surface area contributed by atoms with Crippen LogP contribution in [0.3, 0.4) is 0 Å². The predicted octanol–water partition coefficient (Wildman–Crippen LogP) is 4.25. The van der Waals surface area contributed by atoms with Gasteiger partial charge in [0.05, 0.1) is 6.61 Å². The Bertz CT molecular complexity index is 1010. The van der Waals surface area contributed by atoms with Crippen molar-refractivity contribution in [2.75, 3.05) is 30.5 Å². The lowest BCUT2D eigenvalue weighted by atomic mass is 10.2. The van der Waals surface area contributed by atoms with Gasteiger partial charge in [0.15, 0.2) is 11.5 Å². The Balaban J connectivity index is 1.44. The molecule has 1 aliphatic rings. The molecule has 2 aromatic carbocycles. The number of fused-ring (bicyclic) bond motifs is 1. The molecule has 4 rings (SSSR count). The zero-order valence-corrected chi connectivity index (χ0v) is 16.0. The quantitative estimate of drug-likeness (QED) is 0.654. The minimum atomic E-state index is -0.237. The summed E-state index contributed by atoms with van der Waals surface area (Å²) in [5, 5.41) is 6.06. The Kier molecular flexibility index (Phi) is 5.47. The van der Waals surface area contributed by atoms with Crippen LogP contribution in [0.4, 0.5) is 17.2 Å². The summed E-state index contributed by atoms with van der Waals surface area (Å²) in [5.41, 5.74) is 1.98. The van der Waals surface area contributed by atoms with Crippen molar-refractivity contribution in [3.05, 3.63) is 66.4 Å². The smallest absolute Gasteiger partial charge is 0.255 e. The third kappa shape index (κ3) is 4.57.